The molecule has 2 aliphatic heterocycles. The number of carbonyl (C=O) groups excluding carboxylic acids is 4. The number of carbonyl (C=O) groups is 4. The Morgan fingerprint density at radius 3 is 2.18 bits per heavy atom. The van der Waals surface area contributed by atoms with Gasteiger partial charge < -0.3 is 44.3 Å². The lowest BCUT2D eigenvalue weighted by atomic mass is 9.78. The Labute approximate surface area is 403 Å². The smallest absolute Gasteiger partial charge is 0.329 e. The summed E-state index contributed by atoms with van der Waals surface area (Å²) in [5, 5.41) is 44.6. The number of methoxy groups -OCH3 is 3. The van der Waals surface area contributed by atoms with Gasteiger partial charge in [-0.1, -0.05) is 71.1 Å². The number of aliphatic hydroxyl groups is 4. The van der Waals surface area contributed by atoms with Gasteiger partial charge in [0.05, 0.1) is 24.4 Å². The number of esters is 1. The molecule has 370 valence electrons. The molecule has 1 saturated carbocycles. The molecule has 1 amide bonds. The number of hydrogen-bond donors (Lipinski definition) is 4. The number of nitrogens with zero attached hydrogens (tertiary/aromatic N) is 1. The molecule has 0 aromatic heterocycles. The van der Waals surface area contributed by atoms with Crippen molar-refractivity contribution in [3.05, 3.63) is 47.6 Å². The Balaban J connectivity index is 1.97. The second kappa shape index (κ2) is 27.6. The highest BCUT2D eigenvalue weighted by atomic mass is 127. The van der Waals surface area contributed by atoms with Crippen LogP contribution in [0.4, 0.5) is 0 Å². The number of amides is 1. The molecule has 0 radical (unpaired) electrons. The molecule has 0 bridgehead atoms. The predicted molar refractivity (Wildman–Crippen MR) is 260 cm³/mol. The molecule has 15 atom stereocenters. The standard InChI is InChI=1S/C51H82INO12/c1-31-16-12-11-13-17-33(3)43(62-8)30-39(54)22-20-37(7)51(52,61)48(58)49(59)53-25-15-14-18-40(53)50(60)65-42(34(4)28-38-21-23-41(55)44(29-38)63-9)24-19-32(2)27-36(6)46(57)47(64-10)45(56)35(5)26-31/h11-13,16-17,27,31-32,34-35,37-44,46-47,54-55,57,61H,14-15,18-26,28-30H2,1-10H3/b13-11+,16-12+,33-17?,36-27+/t31-,32+,34-,35-,37-,38+,39+,40+,41-,42+,43+,44-,46-,47+,51?/m1/s1. The van der Waals surface area contributed by atoms with Crippen molar-refractivity contribution in [3.8, 4) is 0 Å². The van der Waals surface area contributed by atoms with Gasteiger partial charge in [0.15, 0.2) is 9.39 Å². The van der Waals surface area contributed by atoms with Crippen LogP contribution in [0.1, 0.15) is 132 Å². The maximum atomic E-state index is 14.3. The van der Waals surface area contributed by atoms with Crippen molar-refractivity contribution in [1.29, 1.82) is 0 Å². The Bertz CT molecular complexity index is 1660. The minimum Gasteiger partial charge on any atom is -0.461 e. The summed E-state index contributed by atoms with van der Waals surface area (Å²) in [6.45, 7) is 13.5. The second-order valence-corrected chi connectivity index (χ2v) is 21.2. The predicted octanol–water partition coefficient (Wildman–Crippen LogP) is 7.40. The molecule has 65 heavy (non-hydrogen) atoms. The molecule has 13 nitrogen and oxygen atoms in total. The molecule has 2 fully saturated rings. The zero-order valence-corrected chi connectivity index (χ0v) is 43.0. The third-order valence-corrected chi connectivity index (χ3v) is 15.7. The first-order valence-electron chi connectivity index (χ1n) is 24.0. The number of ketones is 2. The zero-order valence-electron chi connectivity index (χ0n) is 40.8. The molecular weight excluding hydrogens is 945 g/mol. The summed E-state index contributed by atoms with van der Waals surface area (Å²) in [4.78, 5) is 57.2. The van der Waals surface area contributed by atoms with Gasteiger partial charge in [-0.25, -0.2) is 4.79 Å². The van der Waals surface area contributed by atoms with Gasteiger partial charge in [0, 0.05) is 46.1 Å². The van der Waals surface area contributed by atoms with Crippen LogP contribution < -0.4 is 0 Å². The van der Waals surface area contributed by atoms with Crippen molar-refractivity contribution in [2.24, 2.45) is 35.5 Å². The van der Waals surface area contributed by atoms with Gasteiger partial charge in [-0.15, -0.1) is 0 Å². The molecule has 3 rings (SSSR count). The van der Waals surface area contributed by atoms with E-state index in [2.05, 4.69) is 0 Å². The summed E-state index contributed by atoms with van der Waals surface area (Å²) in [5.41, 5.74) is 1.49. The molecule has 0 spiro atoms. The third kappa shape index (κ3) is 17.0. The van der Waals surface area contributed by atoms with Gasteiger partial charge in [-0.05, 0) is 148 Å². The number of allylic oxidation sites excluding steroid dienone is 6. The maximum absolute atomic E-state index is 14.3. The van der Waals surface area contributed by atoms with E-state index in [9.17, 15) is 39.6 Å². The fourth-order valence-corrected chi connectivity index (χ4v) is 10.3. The quantitative estimate of drug-likeness (QED) is 0.0680. The van der Waals surface area contributed by atoms with Crippen LogP contribution in [0.25, 0.3) is 0 Å². The lowest BCUT2D eigenvalue weighted by Gasteiger charge is -2.38. The summed E-state index contributed by atoms with van der Waals surface area (Å²) < 4.78 is 21.2. The van der Waals surface area contributed by atoms with Crippen LogP contribution in [-0.4, -0.2) is 129 Å². The summed E-state index contributed by atoms with van der Waals surface area (Å²) in [6, 6.07) is -1.01. The highest BCUT2D eigenvalue weighted by Gasteiger charge is 2.47. The third-order valence-electron chi connectivity index (χ3n) is 14.2. The fraction of sp³-hybridized carbons (Fsp3) is 0.765. The van der Waals surface area contributed by atoms with E-state index in [0.29, 0.717) is 56.9 Å². The van der Waals surface area contributed by atoms with Crippen LogP contribution in [0.5, 0.6) is 0 Å². The molecule has 1 unspecified atom stereocenters. The largest absolute Gasteiger partial charge is 0.461 e. The Morgan fingerprint density at radius 2 is 1.52 bits per heavy atom. The Hall–Kier alpha value is -2.31. The van der Waals surface area contributed by atoms with Crippen LogP contribution in [0.3, 0.4) is 0 Å². The SMILES string of the molecule is CO[C@H]1C[C@@H](O)CC[C@@H](C)C(O)(I)C(=O)C(=O)N2CCCC[C@H]2C(=O)O[C@H]([C@H](C)C[C@@H]2CC[C@@H](O)[C@H](OC)C2)CC[C@H](C)/C=C(\C)[C@@H](O)[C@@H](OC)C(=O)[C@H](C)C[C@H](C)/C=C/C=C/C=C1C. The Morgan fingerprint density at radius 1 is 0.815 bits per heavy atom. The first kappa shape index (κ1) is 57.0. The van der Waals surface area contributed by atoms with Crippen molar-refractivity contribution in [2.75, 3.05) is 27.9 Å². The highest BCUT2D eigenvalue weighted by molar-refractivity contribution is 14.1. The van der Waals surface area contributed by atoms with E-state index >= 15 is 0 Å². The van der Waals surface area contributed by atoms with E-state index in [1.807, 2.05) is 71.1 Å². The van der Waals surface area contributed by atoms with E-state index in [1.165, 1.54) is 12.0 Å². The van der Waals surface area contributed by atoms with E-state index in [0.717, 1.165) is 18.4 Å². The number of hydrogen-bond acceptors (Lipinski definition) is 12. The van der Waals surface area contributed by atoms with Crippen LogP contribution >= 0.6 is 22.6 Å². The van der Waals surface area contributed by atoms with Crippen LogP contribution in [-0.2, 0) is 38.1 Å². The van der Waals surface area contributed by atoms with E-state index in [4.69, 9.17) is 18.9 Å². The van der Waals surface area contributed by atoms with Crippen LogP contribution in [0, 0.1) is 35.5 Å². The van der Waals surface area contributed by atoms with Crippen molar-refractivity contribution >= 4 is 46.0 Å². The molecule has 4 N–H and O–H groups in total. The number of fused-ring (bicyclic) bond motifs is 1. The molecule has 1 aliphatic carbocycles. The topological polar surface area (TPSA) is 189 Å². The summed E-state index contributed by atoms with van der Waals surface area (Å²) >= 11 is 1.63. The number of Topliss-reactive ketones (excluding diaryl/α,β-unsaturated/α-hetero) is 2. The van der Waals surface area contributed by atoms with Gasteiger partial charge in [-0.3, -0.25) is 14.4 Å². The lowest BCUT2D eigenvalue weighted by molar-refractivity contribution is -0.167. The van der Waals surface area contributed by atoms with Gasteiger partial charge in [-0.2, -0.15) is 0 Å². The lowest BCUT2D eigenvalue weighted by Crippen LogP contribution is -2.56. The molecule has 14 heteroatoms. The van der Waals surface area contributed by atoms with Crippen molar-refractivity contribution in [1.82, 2.24) is 4.90 Å². The molecular formula is C51H82INO12. The summed E-state index contributed by atoms with van der Waals surface area (Å²) in [5.74, 6) is -3.69. The van der Waals surface area contributed by atoms with E-state index in [1.54, 1.807) is 50.7 Å². The molecule has 0 aromatic carbocycles. The van der Waals surface area contributed by atoms with Gasteiger partial charge in [0.2, 0.25) is 0 Å². The number of rotatable bonds is 6. The maximum Gasteiger partial charge on any atom is 0.329 e. The number of ether oxygens (including phenoxy) is 4. The normalized spacial score (nSPS) is 39.1. The molecule has 0 aromatic rings. The molecule has 1 saturated heterocycles. The van der Waals surface area contributed by atoms with Crippen molar-refractivity contribution in [2.45, 2.75) is 184 Å². The number of halogens is 1. The monoisotopic (exact) mass is 1030 g/mol. The molecule has 3 aliphatic rings. The van der Waals surface area contributed by atoms with Crippen molar-refractivity contribution < 1.29 is 58.6 Å². The minimum atomic E-state index is -2.08. The first-order chi connectivity index (χ1) is 30.7. The number of piperidine rings is 1. The Kier molecular flexibility index (Phi) is 24.2. The van der Waals surface area contributed by atoms with Gasteiger partial charge >= 0.3 is 5.97 Å². The van der Waals surface area contributed by atoms with Gasteiger partial charge in [0.25, 0.3) is 11.7 Å². The number of aliphatic hydroxyl groups excluding tert-OH is 3. The fourth-order valence-electron chi connectivity index (χ4n) is 9.78. The molecule has 2 heterocycles. The average Bonchev–Trinajstić information content (AvgIpc) is 3.27. The van der Waals surface area contributed by atoms with E-state index < -0.39 is 63.7 Å². The summed E-state index contributed by atoms with van der Waals surface area (Å²) in [6.07, 6.45) is 13.6. The minimum absolute atomic E-state index is 0.0641. The van der Waals surface area contributed by atoms with Gasteiger partial charge in [0.1, 0.15) is 24.4 Å². The average molecular weight is 1030 g/mol. The highest BCUT2D eigenvalue weighted by Crippen LogP contribution is 2.36. The second-order valence-electron chi connectivity index (χ2n) is 19.6. The number of alkyl halides is 1. The summed E-state index contributed by atoms with van der Waals surface area (Å²) in [7, 11) is 4.61. The van der Waals surface area contributed by atoms with Crippen molar-refractivity contribution in [3.63, 3.8) is 0 Å². The first-order valence-corrected chi connectivity index (χ1v) is 25.1. The van der Waals surface area contributed by atoms with E-state index in [-0.39, 0.29) is 73.4 Å². The zero-order chi connectivity index (χ0) is 48.6. The number of cyclic esters (lactones) is 1. The van der Waals surface area contributed by atoms with Crippen LogP contribution in [0.15, 0.2) is 47.6 Å². The van der Waals surface area contributed by atoms with Crippen LogP contribution in [0.2, 0.25) is 0 Å².